The van der Waals surface area contributed by atoms with E-state index in [1.165, 1.54) is 4.90 Å². The molecule has 0 aromatic heterocycles. The molecule has 0 unspecified atom stereocenters. The Hall–Kier alpha value is -3.08. The van der Waals surface area contributed by atoms with Crippen molar-refractivity contribution in [3.05, 3.63) is 106 Å². The molecule has 1 heterocycles. The average Bonchev–Trinajstić information content (AvgIpc) is 3.00. The fourth-order valence-electron chi connectivity index (χ4n) is 3.51. The number of carbonyl (C=O) groups excluding carboxylic acids is 2. The van der Waals surface area contributed by atoms with Gasteiger partial charge in [-0.25, -0.2) is 4.90 Å². The van der Waals surface area contributed by atoms with Gasteiger partial charge in [0.25, 0.3) is 11.8 Å². The molecule has 30 heavy (non-hydrogen) atoms. The molecule has 0 atom stereocenters. The first-order valence-corrected chi connectivity index (χ1v) is 10.1. The normalized spacial score (nSPS) is 13.9. The van der Waals surface area contributed by atoms with E-state index in [4.69, 9.17) is 23.2 Å². The Kier molecular flexibility index (Phi) is 5.62. The number of benzene rings is 3. The third kappa shape index (κ3) is 3.84. The third-order valence-electron chi connectivity index (χ3n) is 4.92. The van der Waals surface area contributed by atoms with Gasteiger partial charge in [-0.2, -0.15) is 0 Å². The van der Waals surface area contributed by atoms with Crippen LogP contribution in [0.3, 0.4) is 0 Å². The number of hydrogen-bond acceptors (Lipinski definition) is 3. The Labute approximate surface area is 184 Å². The second-order valence-corrected chi connectivity index (χ2v) is 7.87. The minimum absolute atomic E-state index is 0.348. The topological polar surface area (TPSA) is 40.6 Å². The van der Waals surface area contributed by atoms with Crippen molar-refractivity contribution >= 4 is 46.3 Å². The Morgan fingerprint density at radius 3 is 1.93 bits per heavy atom. The second-order valence-electron chi connectivity index (χ2n) is 6.99. The highest BCUT2D eigenvalue weighted by molar-refractivity contribution is 6.45. The molecule has 6 heteroatoms. The van der Waals surface area contributed by atoms with Crippen LogP contribution in [-0.2, 0) is 16.1 Å². The summed E-state index contributed by atoms with van der Waals surface area (Å²) in [5.74, 6) is -0.745. The Morgan fingerprint density at radius 1 is 0.767 bits per heavy atom. The quantitative estimate of drug-likeness (QED) is 0.502. The van der Waals surface area contributed by atoms with Gasteiger partial charge in [0.05, 0.1) is 11.3 Å². The van der Waals surface area contributed by atoms with Gasteiger partial charge < -0.3 is 4.90 Å². The number of carbonyl (C=O) groups is 2. The number of hydrogen-bond donors (Lipinski definition) is 0. The van der Waals surface area contributed by atoms with E-state index in [2.05, 4.69) is 0 Å². The predicted molar refractivity (Wildman–Crippen MR) is 120 cm³/mol. The monoisotopic (exact) mass is 436 g/mol. The van der Waals surface area contributed by atoms with Gasteiger partial charge in [-0.15, -0.1) is 0 Å². The molecule has 3 aromatic rings. The number of amides is 2. The molecule has 1 aliphatic rings. The Morgan fingerprint density at radius 2 is 1.33 bits per heavy atom. The zero-order chi connectivity index (χ0) is 21.3. The summed E-state index contributed by atoms with van der Waals surface area (Å²) in [4.78, 5) is 29.8. The number of imide groups is 1. The molecule has 4 rings (SSSR count). The maximum absolute atomic E-state index is 13.4. The van der Waals surface area contributed by atoms with Crippen LogP contribution in [0.25, 0.3) is 5.57 Å². The number of likely N-dealkylation sites (N-methyl/N-ethyl adjacent to an activating group) is 1. The summed E-state index contributed by atoms with van der Waals surface area (Å²) < 4.78 is 0. The molecule has 0 radical (unpaired) electrons. The second kappa shape index (κ2) is 8.34. The molecule has 1 aliphatic heterocycles. The van der Waals surface area contributed by atoms with E-state index in [1.807, 2.05) is 42.3 Å². The maximum atomic E-state index is 13.4. The average molecular weight is 437 g/mol. The summed E-state index contributed by atoms with van der Waals surface area (Å²) in [6.07, 6.45) is 0. The largest absolute Gasteiger partial charge is 0.365 e. The van der Waals surface area contributed by atoms with Crippen LogP contribution in [0.15, 0.2) is 84.6 Å². The van der Waals surface area contributed by atoms with Crippen molar-refractivity contribution in [2.24, 2.45) is 0 Å². The molecule has 0 bridgehead atoms. The lowest BCUT2D eigenvalue weighted by molar-refractivity contribution is -0.120. The van der Waals surface area contributed by atoms with Gasteiger partial charge in [-0.1, -0.05) is 65.7 Å². The van der Waals surface area contributed by atoms with E-state index in [0.717, 1.165) is 5.56 Å². The van der Waals surface area contributed by atoms with Crippen LogP contribution in [0.2, 0.25) is 10.0 Å². The molecular formula is C24H18Cl2N2O2. The van der Waals surface area contributed by atoms with Gasteiger partial charge in [0, 0.05) is 23.6 Å². The van der Waals surface area contributed by atoms with Crippen molar-refractivity contribution in [3.63, 3.8) is 0 Å². The Balaban J connectivity index is 1.79. The lowest BCUT2D eigenvalue weighted by Crippen LogP contribution is -2.34. The predicted octanol–water partition coefficient (Wildman–Crippen LogP) is 5.41. The van der Waals surface area contributed by atoms with Gasteiger partial charge >= 0.3 is 0 Å². The van der Waals surface area contributed by atoms with E-state index in [-0.39, 0.29) is 11.8 Å². The van der Waals surface area contributed by atoms with E-state index in [9.17, 15) is 9.59 Å². The molecule has 150 valence electrons. The standard InChI is InChI=1S/C24H18Cl2N2O2/c1-27(15-16-5-3-2-4-6-16)22-21(17-7-9-18(25)10-8-17)23(29)28(24(22)30)20-13-11-19(26)12-14-20/h2-14H,15H2,1H3. The van der Waals surface area contributed by atoms with E-state index < -0.39 is 0 Å². The molecule has 4 nitrogen and oxygen atoms in total. The van der Waals surface area contributed by atoms with Crippen molar-refractivity contribution in [2.45, 2.75) is 6.54 Å². The molecule has 0 spiro atoms. The van der Waals surface area contributed by atoms with Crippen molar-refractivity contribution in [2.75, 3.05) is 11.9 Å². The van der Waals surface area contributed by atoms with E-state index in [1.54, 1.807) is 48.5 Å². The summed E-state index contributed by atoms with van der Waals surface area (Å²) in [7, 11) is 1.81. The minimum Gasteiger partial charge on any atom is -0.365 e. The summed E-state index contributed by atoms with van der Waals surface area (Å²) in [6, 6.07) is 23.4. The fraction of sp³-hybridized carbons (Fsp3) is 0.0833. The number of nitrogens with zero attached hydrogens (tertiary/aromatic N) is 2. The van der Waals surface area contributed by atoms with Gasteiger partial charge in [0.1, 0.15) is 5.70 Å². The van der Waals surface area contributed by atoms with Crippen molar-refractivity contribution in [3.8, 4) is 0 Å². The number of halogens is 2. The van der Waals surface area contributed by atoms with Crippen LogP contribution >= 0.6 is 23.2 Å². The molecule has 0 fully saturated rings. The van der Waals surface area contributed by atoms with Crippen LogP contribution in [0.1, 0.15) is 11.1 Å². The summed E-state index contributed by atoms with van der Waals surface area (Å²) in [6.45, 7) is 0.487. The fourth-order valence-corrected chi connectivity index (χ4v) is 3.76. The summed E-state index contributed by atoms with van der Waals surface area (Å²) in [5, 5.41) is 1.09. The lowest BCUT2D eigenvalue weighted by Gasteiger charge is -2.21. The minimum atomic E-state index is -0.375. The van der Waals surface area contributed by atoms with Gasteiger partial charge in [0.15, 0.2) is 0 Å². The van der Waals surface area contributed by atoms with E-state index in [0.29, 0.717) is 39.1 Å². The van der Waals surface area contributed by atoms with E-state index >= 15 is 0 Å². The zero-order valence-corrected chi connectivity index (χ0v) is 17.7. The van der Waals surface area contributed by atoms with Crippen molar-refractivity contribution in [1.82, 2.24) is 4.90 Å². The summed E-state index contributed by atoms with van der Waals surface area (Å²) >= 11 is 12.0. The zero-order valence-electron chi connectivity index (χ0n) is 16.2. The molecule has 2 amide bonds. The molecule has 0 aliphatic carbocycles. The first-order chi connectivity index (χ1) is 14.5. The third-order valence-corrected chi connectivity index (χ3v) is 5.43. The van der Waals surface area contributed by atoms with Gasteiger partial charge in [-0.3, -0.25) is 9.59 Å². The van der Waals surface area contributed by atoms with Crippen molar-refractivity contribution in [1.29, 1.82) is 0 Å². The molecule has 0 saturated carbocycles. The van der Waals surface area contributed by atoms with Crippen LogP contribution in [-0.4, -0.2) is 23.8 Å². The summed E-state index contributed by atoms with van der Waals surface area (Å²) in [5.41, 5.74) is 2.85. The van der Waals surface area contributed by atoms with Crippen LogP contribution in [0, 0.1) is 0 Å². The highest BCUT2D eigenvalue weighted by Crippen LogP contribution is 2.35. The Bertz CT molecular complexity index is 1120. The van der Waals surface area contributed by atoms with Gasteiger partial charge in [-0.05, 0) is 47.5 Å². The SMILES string of the molecule is CN(Cc1ccccc1)C1=C(c2ccc(Cl)cc2)C(=O)N(c2ccc(Cl)cc2)C1=O. The maximum Gasteiger partial charge on any atom is 0.282 e. The van der Waals surface area contributed by atoms with Crippen LogP contribution in [0.4, 0.5) is 5.69 Å². The highest BCUT2D eigenvalue weighted by atomic mass is 35.5. The van der Waals surface area contributed by atoms with Crippen LogP contribution < -0.4 is 4.90 Å². The lowest BCUT2D eigenvalue weighted by atomic mass is 10.0. The molecular weight excluding hydrogens is 419 g/mol. The number of rotatable bonds is 5. The molecule has 0 N–H and O–H groups in total. The highest BCUT2D eigenvalue weighted by Gasteiger charge is 2.41. The van der Waals surface area contributed by atoms with Crippen molar-refractivity contribution < 1.29 is 9.59 Å². The molecule has 0 saturated heterocycles. The van der Waals surface area contributed by atoms with Crippen LogP contribution in [0.5, 0.6) is 0 Å². The first kappa shape index (κ1) is 20.2. The number of anilines is 1. The van der Waals surface area contributed by atoms with Gasteiger partial charge in [0.2, 0.25) is 0 Å². The molecule has 3 aromatic carbocycles. The smallest absolute Gasteiger partial charge is 0.282 e. The first-order valence-electron chi connectivity index (χ1n) is 9.35.